The molecule has 0 aliphatic carbocycles. The van der Waals surface area contributed by atoms with Gasteiger partial charge in [-0.25, -0.2) is 4.98 Å². The van der Waals surface area contributed by atoms with E-state index in [0.29, 0.717) is 33.4 Å². The Bertz CT molecular complexity index is 981. The Morgan fingerprint density at radius 3 is 2.92 bits per heavy atom. The highest BCUT2D eigenvalue weighted by Gasteiger charge is 2.14. The Kier molecular flexibility index (Phi) is 5.95. The van der Waals surface area contributed by atoms with Gasteiger partial charge in [-0.2, -0.15) is 0 Å². The molecule has 0 unspecified atom stereocenters. The third-order valence-electron chi connectivity index (χ3n) is 3.69. The second-order valence-corrected chi connectivity index (χ2v) is 7.38. The number of carbonyl (C=O) groups excluding carboxylic acids is 1. The SMILES string of the molecule is CCCn1c(SCC(=O)Nc2ccccc2OC)nc2ccsc2c1=O. The van der Waals surface area contributed by atoms with Gasteiger partial charge in [0.25, 0.3) is 5.56 Å². The standard InChI is InChI=1S/C18H19N3O3S2/c1-3-9-21-17(23)16-13(8-10-25-16)20-18(21)26-11-15(22)19-12-6-4-5-7-14(12)24-2/h4-8,10H,3,9,11H2,1-2H3,(H,19,22). The molecule has 0 bridgehead atoms. The van der Waals surface area contributed by atoms with Crippen LogP contribution in [0.2, 0.25) is 0 Å². The van der Waals surface area contributed by atoms with Gasteiger partial charge in [0.15, 0.2) is 5.16 Å². The van der Waals surface area contributed by atoms with Crippen LogP contribution in [0.25, 0.3) is 10.2 Å². The Morgan fingerprint density at radius 1 is 1.35 bits per heavy atom. The van der Waals surface area contributed by atoms with Gasteiger partial charge in [-0.15, -0.1) is 11.3 Å². The summed E-state index contributed by atoms with van der Waals surface area (Å²) in [5.74, 6) is 0.581. The van der Waals surface area contributed by atoms with Crippen molar-refractivity contribution in [3.63, 3.8) is 0 Å². The van der Waals surface area contributed by atoms with E-state index in [-0.39, 0.29) is 17.2 Å². The number of rotatable bonds is 7. The largest absolute Gasteiger partial charge is 0.495 e. The van der Waals surface area contributed by atoms with Crippen LogP contribution in [0, 0.1) is 0 Å². The van der Waals surface area contributed by atoms with E-state index in [0.717, 1.165) is 6.42 Å². The summed E-state index contributed by atoms with van der Waals surface area (Å²) in [7, 11) is 1.56. The van der Waals surface area contributed by atoms with Gasteiger partial charge < -0.3 is 10.1 Å². The molecule has 0 saturated heterocycles. The van der Waals surface area contributed by atoms with E-state index in [1.807, 2.05) is 30.5 Å². The first kappa shape index (κ1) is 18.5. The van der Waals surface area contributed by atoms with Crippen LogP contribution in [0.15, 0.2) is 45.7 Å². The van der Waals surface area contributed by atoms with Crippen molar-refractivity contribution < 1.29 is 9.53 Å². The fourth-order valence-corrected chi connectivity index (χ4v) is 4.12. The first-order chi connectivity index (χ1) is 12.6. The van der Waals surface area contributed by atoms with Crippen LogP contribution >= 0.6 is 23.1 Å². The average molecular weight is 390 g/mol. The molecule has 0 aliphatic rings. The molecule has 0 spiro atoms. The van der Waals surface area contributed by atoms with E-state index in [1.54, 1.807) is 23.8 Å². The predicted molar refractivity (Wildman–Crippen MR) is 107 cm³/mol. The molecule has 0 radical (unpaired) electrons. The maximum Gasteiger partial charge on any atom is 0.272 e. The van der Waals surface area contributed by atoms with Crippen molar-refractivity contribution in [2.45, 2.75) is 25.0 Å². The fraction of sp³-hybridized carbons (Fsp3) is 0.278. The van der Waals surface area contributed by atoms with E-state index in [9.17, 15) is 9.59 Å². The van der Waals surface area contributed by atoms with Crippen molar-refractivity contribution in [1.82, 2.24) is 9.55 Å². The summed E-state index contributed by atoms with van der Waals surface area (Å²) in [5.41, 5.74) is 1.26. The summed E-state index contributed by atoms with van der Waals surface area (Å²) >= 11 is 2.66. The number of hydrogen-bond acceptors (Lipinski definition) is 6. The molecule has 2 aromatic heterocycles. The van der Waals surface area contributed by atoms with Gasteiger partial charge in [-0.05, 0) is 30.0 Å². The first-order valence-corrected chi connectivity index (χ1v) is 10.0. The van der Waals surface area contributed by atoms with Crippen molar-refractivity contribution in [2.24, 2.45) is 0 Å². The van der Waals surface area contributed by atoms with Gasteiger partial charge in [0.05, 0.1) is 24.1 Å². The van der Waals surface area contributed by atoms with Gasteiger partial charge >= 0.3 is 0 Å². The highest BCUT2D eigenvalue weighted by Crippen LogP contribution is 2.24. The maximum absolute atomic E-state index is 12.6. The van der Waals surface area contributed by atoms with Crippen LogP contribution in [0.3, 0.4) is 0 Å². The molecule has 26 heavy (non-hydrogen) atoms. The molecule has 8 heteroatoms. The van der Waals surface area contributed by atoms with Gasteiger partial charge in [-0.1, -0.05) is 30.8 Å². The number of nitrogens with zero attached hydrogens (tertiary/aromatic N) is 2. The lowest BCUT2D eigenvalue weighted by molar-refractivity contribution is -0.113. The molecule has 0 atom stereocenters. The number of aromatic nitrogens is 2. The van der Waals surface area contributed by atoms with E-state index in [2.05, 4.69) is 10.3 Å². The lowest BCUT2D eigenvalue weighted by atomic mass is 10.3. The number of thiophene rings is 1. The van der Waals surface area contributed by atoms with Gasteiger partial charge in [-0.3, -0.25) is 14.2 Å². The Balaban J connectivity index is 1.77. The second-order valence-electron chi connectivity index (χ2n) is 5.52. The van der Waals surface area contributed by atoms with Gasteiger partial charge in [0, 0.05) is 6.54 Å². The summed E-state index contributed by atoms with van der Waals surface area (Å²) in [4.78, 5) is 29.5. The van der Waals surface area contributed by atoms with Crippen molar-refractivity contribution in [3.05, 3.63) is 46.1 Å². The number of ether oxygens (including phenoxy) is 1. The van der Waals surface area contributed by atoms with Crippen molar-refractivity contribution in [2.75, 3.05) is 18.2 Å². The topological polar surface area (TPSA) is 73.2 Å². The maximum atomic E-state index is 12.6. The van der Waals surface area contributed by atoms with E-state index in [4.69, 9.17) is 4.74 Å². The number of hydrogen-bond donors (Lipinski definition) is 1. The van der Waals surface area contributed by atoms with Crippen molar-refractivity contribution >= 4 is 44.9 Å². The summed E-state index contributed by atoms with van der Waals surface area (Å²) in [6.45, 7) is 2.59. The normalized spacial score (nSPS) is 10.8. The minimum Gasteiger partial charge on any atom is -0.495 e. The monoisotopic (exact) mass is 389 g/mol. The van der Waals surface area contributed by atoms with Gasteiger partial charge in [0.2, 0.25) is 5.91 Å². The third kappa shape index (κ3) is 3.91. The minimum atomic E-state index is -0.179. The number of fused-ring (bicyclic) bond motifs is 1. The van der Waals surface area contributed by atoms with Crippen LogP contribution in [0.4, 0.5) is 5.69 Å². The average Bonchev–Trinajstić information content (AvgIpc) is 3.12. The lowest BCUT2D eigenvalue weighted by Crippen LogP contribution is -2.23. The van der Waals surface area contributed by atoms with Crippen LogP contribution < -0.4 is 15.6 Å². The quantitative estimate of drug-likeness (QED) is 0.494. The number of benzene rings is 1. The molecule has 136 valence electrons. The lowest BCUT2D eigenvalue weighted by Gasteiger charge is -2.12. The molecule has 0 aliphatic heterocycles. The Morgan fingerprint density at radius 2 is 2.15 bits per heavy atom. The molecule has 2 heterocycles. The fourth-order valence-electron chi connectivity index (χ4n) is 2.52. The number of amides is 1. The molecule has 6 nitrogen and oxygen atoms in total. The molecule has 1 N–H and O–H groups in total. The number of carbonyl (C=O) groups is 1. The summed E-state index contributed by atoms with van der Waals surface area (Å²) in [5, 5.41) is 5.26. The molecule has 1 amide bonds. The first-order valence-electron chi connectivity index (χ1n) is 8.17. The third-order valence-corrected chi connectivity index (χ3v) is 5.56. The summed E-state index contributed by atoms with van der Waals surface area (Å²) in [6, 6.07) is 9.07. The molecular weight excluding hydrogens is 370 g/mol. The van der Waals surface area contributed by atoms with E-state index < -0.39 is 0 Å². The number of thioether (sulfide) groups is 1. The number of nitrogens with one attached hydrogen (secondary N) is 1. The number of methoxy groups -OCH3 is 1. The molecule has 3 aromatic rings. The molecule has 0 fully saturated rings. The highest BCUT2D eigenvalue weighted by molar-refractivity contribution is 7.99. The van der Waals surface area contributed by atoms with Gasteiger partial charge in [0.1, 0.15) is 10.4 Å². The number of para-hydroxylation sites is 2. The van der Waals surface area contributed by atoms with Crippen LogP contribution in [-0.2, 0) is 11.3 Å². The second kappa shape index (κ2) is 8.37. The zero-order valence-corrected chi connectivity index (χ0v) is 16.2. The zero-order chi connectivity index (χ0) is 18.5. The molecule has 3 rings (SSSR count). The van der Waals surface area contributed by atoms with Crippen LogP contribution in [-0.4, -0.2) is 28.3 Å². The Hall–Kier alpha value is -2.32. The zero-order valence-electron chi connectivity index (χ0n) is 14.5. The molecular formula is C18H19N3O3S2. The Labute approximate surface area is 159 Å². The summed E-state index contributed by atoms with van der Waals surface area (Å²) in [6.07, 6.45) is 0.819. The highest BCUT2D eigenvalue weighted by atomic mass is 32.2. The van der Waals surface area contributed by atoms with Crippen molar-refractivity contribution in [3.8, 4) is 5.75 Å². The van der Waals surface area contributed by atoms with E-state index >= 15 is 0 Å². The van der Waals surface area contributed by atoms with Crippen molar-refractivity contribution in [1.29, 1.82) is 0 Å². The minimum absolute atomic E-state index is 0.0421. The smallest absolute Gasteiger partial charge is 0.272 e. The number of anilines is 1. The predicted octanol–water partition coefficient (Wildman–Crippen LogP) is 3.61. The van der Waals surface area contributed by atoms with Crippen LogP contribution in [0.5, 0.6) is 5.75 Å². The molecule has 1 aromatic carbocycles. The van der Waals surface area contributed by atoms with E-state index in [1.165, 1.54) is 23.1 Å². The van der Waals surface area contributed by atoms with Crippen LogP contribution in [0.1, 0.15) is 13.3 Å². The molecule has 0 saturated carbocycles. The summed E-state index contributed by atoms with van der Waals surface area (Å²) < 4.78 is 7.54.